The topological polar surface area (TPSA) is 162 Å². The van der Waals surface area contributed by atoms with Gasteiger partial charge in [0.2, 0.25) is 0 Å². The van der Waals surface area contributed by atoms with E-state index in [1.807, 2.05) is 97.1 Å². The van der Waals surface area contributed by atoms with E-state index in [0.717, 1.165) is 44.5 Å². The van der Waals surface area contributed by atoms with Crippen LogP contribution in [-0.4, -0.2) is 40.9 Å². The van der Waals surface area contributed by atoms with Crippen molar-refractivity contribution in [2.24, 2.45) is 0 Å². The number of hydrogen-bond donors (Lipinski definition) is 8. The lowest BCUT2D eigenvalue weighted by molar-refractivity contribution is 0.450. The van der Waals surface area contributed by atoms with Gasteiger partial charge >= 0.3 is 0 Å². The molecule has 0 radical (unpaired) electrons. The van der Waals surface area contributed by atoms with Gasteiger partial charge in [0.15, 0.2) is 0 Å². The van der Waals surface area contributed by atoms with Crippen molar-refractivity contribution in [1.82, 2.24) is 0 Å². The molecule has 8 heteroatoms. The lowest BCUT2D eigenvalue weighted by Crippen LogP contribution is -2.31. The molecule has 0 saturated carbocycles. The first kappa shape index (κ1) is 36.2. The Bertz CT molecular complexity index is 2270. The molecule has 0 aliphatic heterocycles. The molecule has 0 aliphatic rings. The van der Waals surface area contributed by atoms with Crippen molar-refractivity contribution in [2.75, 3.05) is 0 Å². The van der Waals surface area contributed by atoms with Gasteiger partial charge in [-0.3, -0.25) is 0 Å². The third kappa shape index (κ3) is 7.11. The monoisotopic (exact) mass is 752 g/mol. The summed E-state index contributed by atoms with van der Waals surface area (Å²) < 4.78 is 0. The second-order valence-electron chi connectivity index (χ2n) is 14.0. The smallest absolute Gasteiger partial charge is 0.119 e. The van der Waals surface area contributed by atoms with Crippen LogP contribution in [0.5, 0.6) is 46.0 Å². The summed E-state index contributed by atoms with van der Waals surface area (Å²) in [5.74, 6) is -0.527. The number of rotatable bonds is 8. The minimum Gasteiger partial charge on any atom is -0.508 e. The van der Waals surface area contributed by atoms with Crippen LogP contribution < -0.4 is 0 Å². The second kappa shape index (κ2) is 14.4. The number of phenols is 8. The highest BCUT2D eigenvalue weighted by Crippen LogP contribution is 2.47. The number of hydrogen-bond acceptors (Lipinski definition) is 8. The number of benzene rings is 8. The molecular weight excluding hydrogens is 717 g/mol. The van der Waals surface area contributed by atoms with E-state index in [2.05, 4.69) is 0 Å². The molecule has 0 saturated heterocycles. The van der Waals surface area contributed by atoms with Crippen LogP contribution in [0.4, 0.5) is 0 Å². The zero-order valence-electron chi connectivity index (χ0n) is 30.2. The molecule has 0 unspecified atom stereocenters. The summed E-state index contributed by atoms with van der Waals surface area (Å²) in [6, 6.07) is 49.1. The SMILES string of the molecule is Oc1cc(O)cc(-c2ccc(C(c3ccc(-c4cc(O)cc(O)c4)cc3)(c3ccc(-c4cc(O)cc(O)c4)cc3)c3ccc(-c4cc(O)cc(O)c4)cc3)cc2)c1. The predicted molar refractivity (Wildman–Crippen MR) is 220 cm³/mol. The predicted octanol–water partition coefficient (Wildman–Crippen LogP) is 10.4. The minimum absolute atomic E-state index is 0.0659. The highest BCUT2D eigenvalue weighted by atomic mass is 16.3. The zero-order chi connectivity index (χ0) is 39.8. The molecule has 0 aliphatic carbocycles. The van der Waals surface area contributed by atoms with Crippen LogP contribution in [0, 0.1) is 0 Å². The summed E-state index contributed by atoms with van der Waals surface area (Å²) in [4.78, 5) is 0. The van der Waals surface area contributed by atoms with Crippen molar-refractivity contribution in [2.45, 2.75) is 5.41 Å². The first-order chi connectivity index (χ1) is 27.4. The maximum Gasteiger partial charge on any atom is 0.119 e. The van der Waals surface area contributed by atoms with Gasteiger partial charge in [-0.15, -0.1) is 0 Å². The Morgan fingerprint density at radius 1 is 0.193 bits per heavy atom. The molecule has 0 atom stereocenters. The molecule has 280 valence electrons. The third-order valence-corrected chi connectivity index (χ3v) is 10.2. The minimum atomic E-state index is -1.00. The summed E-state index contributed by atoms with van der Waals surface area (Å²) in [7, 11) is 0. The number of aromatic hydroxyl groups is 8. The van der Waals surface area contributed by atoms with Crippen LogP contribution in [-0.2, 0) is 5.41 Å². The Morgan fingerprint density at radius 3 is 0.509 bits per heavy atom. The molecule has 8 N–H and O–H groups in total. The normalized spacial score (nSPS) is 11.4. The molecule has 0 amide bonds. The molecule has 57 heavy (non-hydrogen) atoms. The summed E-state index contributed by atoms with van der Waals surface area (Å²) in [5, 5.41) is 82.0. The van der Waals surface area contributed by atoms with Gasteiger partial charge in [-0.05, 0) is 115 Å². The Balaban J connectivity index is 1.36. The maximum absolute atomic E-state index is 10.2. The Morgan fingerprint density at radius 2 is 0.351 bits per heavy atom. The fourth-order valence-corrected chi connectivity index (χ4v) is 7.70. The quantitative estimate of drug-likeness (QED) is 0.0712. The molecule has 0 spiro atoms. The van der Waals surface area contributed by atoms with Gasteiger partial charge in [0.05, 0.1) is 5.41 Å². The van der Waals surface area contributed by atoms with E-state index in [9.17, 15) is 40.9 Å². The van der Waals surface area contributed by atoms with E-state index in [0.29, 0.717) is 22.3 Å². The summed E-state index contributed by atoms with van der Waals surface area (Å²) in [6.07, 6.45) is 0. The van der Waals surface area contributed by atoms with Crippen molar-refractivity contribution in [3.05, 3.63) is 192 Å². The van der Waals surface area contributed by atoms with Gasteiger partial charge in [-0.1, -0.05) is 97.1 Å². The van der Waals surface area contributed by atoms with E-state index in [4.69, 9.17) is 0 Å². The Hall–Kier alpha value is -7.84. The molecule has 8 nitrogen and oxygen atoms in total. The third-order valence-electron chi connectivity index (χ3n) is 10.2. The Kier molecular flexibility index (Phi) is 9.15. The van der Waals surface area contributed by atoms with Gasteiger partial charge in [0, 0.05) is 24.3 Å². The molecular formula is C49H36O8. The first-order valence-electron chi connectivity index (χ1n) is 18.0. The van der Waals surface area contributed by atoms with E-state index < -0.39 is 5.41 Å². The summed E-state index contributed by atoms with van der Waals surface area (Å²) in [6.45, 7) is 0. The second-order valence-corrected chi connectivity index (χ2v) is 14.0. The van der Waals surface area contributed by atoms with Crippen molar-refractivity contribution in [3.63, 3.8) is 0 Å². The van der Waals surface area contributed by atoms with Crippen molar-refractivity contribution in [1.29, 1.82) is 0 Å². The van der Waals surface area contributed by atoms with Crippen LogP contribution in [0.1, 0.15) is 22.3 Å². The van der Waals surface area contributed by atoms with E-state index in [1.54, 1.807) is 48.5 Å². The van der Waals surface area contributed by atoms with Gasteiger partial charge in [0.1, 0.15) is 46.0 Å². The molecule has 0 aromatic heterocycles. The lowest BCUT2D eigenvalue weighted by Gasteiger charge is -2.37. The maximum atomic E-state index is 10.2. The molecule has 8 rings (SSSR count). The van der Waals surface area contributed by atoms with Crippen LogP contribution >= 0.6 is 0 Å². The van der Waals surface area contributed by atoms with Crippen LogP contribution in [0.2, 0.25) is 0 Å². The van der Waals surface area contributed by atoms with Crippen molar-refractivity contribution >= 4 is 0 Å². The Labute approximate surface area is 328 Å². The van der Waals surface area contributed by atoms with Gasteiger partial charge < -0.3 is 40.9 Å². The lowest BCUT2D eigenvalue weighted by atomic mass is 9.64. The van der Waals surface area contributed by atoms with Crippen LogP contribution in [0.25, 0.3) is 44.5 Å². The van der Waals surface area contributed by atoms with E-state index >= 15 is 0 Å². The van der Waals surface area contributed by atoms with Gasteiger partial charge in [-0.2, -0.15) is 0 Å². The van der Waals surface area contributed by atoms with Gasteiger partial charge in [-0.25, -0.2) is 0 Å². The molecule has 8 aromatic carbocycles. The zero-order valence-corrected chi connectivity index (χ0v) is 30.2. The summed E-state index contributed by atoms with van der Waals surface area (Å²) in [5.41, 5.74) is 8.00. The van der Waals surface area contributed by atoms with Crippen LogP contribution in [0.15, 0.2) is 170 Å². The molecule has 0 bridgehead atoms. The number of phenolic OH excluding ortho intramolecular Hbond substituents is 8. The van der Waals surface area contributed by atoms with E-state index in [-0.39, 0.29) is 46.0 Å². The highest BCUT2D eigenvalue weighted by molar-refractivity contribution is 5.74. The van der Waals surface area contributed by atoms with Crippen LogP contribution in [0.3, 0.4) is 0 Å². The fourth-order valence-electron chi connectivity index (χ4n) is 7.70. The van der Waals surface area contributed by atoms with E-state index in [1.165, 1.54) is 24.3 Å². The van der Waals surface area contributed by atoms with Crippen molar-refractivity contribution in [3.8, 4) is 90.5 Å². The molecule has 0 fully saturated rings. The first-order valence-corrected chi connectivity index (χ1v) is 18.0. The molecule has 0 heterocycles. The fraction of sp³-hybridized carbons (Fsp3) is 0.0204. The highest BCUT2D eigenvalue weighted by Gasteiger charge is 2.38. The average Bonchev–Trinajstić information content (AvgIpc) is 3.18. The van der Waals surface area contributed by atoms with Gasteiger partial charge in [0.25, 0.3) is 0 Å². The average molecular weight is 753 g/mol. The van der Waals surface area contributed by atoms with Crippen molar-refractivity contribution < 1.29 is 40.9 Å². The largest absolute Gasteiger partial charge is 0.508 e. The summed E-state index contributed by atoms with van der Waals surface area (Å²) >= 11 is 0. The standard InChI is InChI=1S/C49H36O8/c50-41-17-33(18-42(51)25-41)29-1-9-37(10-2-29)49(38-11-3-30(4-12-38)34-19-43(52)26-44(53)20-34,39-13-5-31(6-14-39)35-21-45(54)27-46(55)22-35)40-15-7-32(8-16-40)36-23-47(56)28-48(57)24-36/h1-28,50-57H. The molecule has 8 aromatic rings.